The van der Waals surface area contributed by atoms with E-state index in [0.29, 0.717) is 24.7 Å². The van der Waals surface area contributed by atoms with E-state index in [1.165, 1.54) is 38.1 Å². The molecule has 0 unspecified atom stereocenters. The lowest BCUT2D eigenvalue weighted by atomic mass is 10.2. The second-order valence-electron chi connectivity index (χ2n) is 8.07. The highest BCUT2D eigenvalue weighted by Gasteiger charge is 2.14. The van der Waals surface area contributed by atoms with Gasteiger partial charge in [-0.25, -0.2) is 19.2 Å². The fourth-order valence-electron chi connectivity index (χ4n) is 2.77. The van der Waals surface area contributed by atoms with Crippen molar-refractivity contribution in [3.8, 4) is 11.5 Å². The van der Waals surface area contributed by atoms with Gasteiger partial charge in [0.05, 0.1) is 24.3 Å². The van der Waals surface area contributed by atoms with Crippen LogP contribution in [0.25, 0.3) is 0 Å². The molecule has 8 heteroatoms. The minimum Gasteiger partial charge on any atom is -0.494 e. The molecule has 190 valence electrons. The Morgan fingerprint density at radius 2 is 0.917 bits per heavy atom. The summed E-state index contributed by atoms with van der Waals surface area (Å²) in [5, 5.41) is 0. The summed E-state index contributed by atoms with van der Waals surface area (Å²) >= 11 is 0. The maximum Gasteiger partial charge on any atom is 0.346 e. The van der Waals surface area contributed by atoms with Crippen LogP contribution < -0.4 is 9.47 Å². The number of rotatable bonds is 13. The molecular weight excluding hydrogens is 464 g/mol. The van der Waals surface area contributed by atoms with E-state index in [-0.39, 0.29) is 22.3 Å². The van der Waals surface area contributed by atoms with Crippen molar-refractivity contribution in [2.45, 2.75) is 39.5 Å². The van der Waals surface area contributed by atoms with Crippen LogP contribution >= 0.6 is 0 Å². The molecule has 0 saturated carbocycles. The average Bonchev–Trinajstić information content (AvgIpc) is 2.86. The summed E-state index contributed by atoms with van der Waals surface area (Å²) in [4.78, 5) is 46.6. The Balaban J connectivity index is 1.58. The van der Waals surface area contributed by atoms with Gasteiger partial charge in [0.1, 0.15) is 11.5 Å². The Labute approximate surface area is 210 Å². The molecular formula is C28H30O8. The van der Waals surface area contributed by atoms with Crippen LogP contribution in [0.3, 0.4) is 0 Å². The number of ether oxygens (including phenoxy) is 4. The van der Waals surface area contributed by atoms with E-state index in [2.05, 4.69) is 22.6 Å². The lowest BCUT2D eigenvalue weighted by molar-refractivity contribution is -0.134. The van der Waals surface area contributed by atoms with Gasteiger partial charge in [-0.05, 0) is 88.1 Å². The van der Waals surface area contributed by atoms with E-state index >= 15 is 0 Å². The SMILES string of the molecule is C=C(C)C(=O)OC(=O)c1ccc(OCCCCCCOc2ccc(C(=O)OC(=O)C(=C)C)cc2)cc1. The number of esters is 4. The number of hydrogen-bond donors (Lipinski definition) is 0. The first-order valence-corrected chi connectivity index (χ1v) is 11.5. The van der Waals surface area contributed by atoms with Gasteiger partial charge in [0.2, 0.25) is 0 Å². The summed E-state index contributed by atoms with van der Waals surface area (Å²) in [7, 11) is 0. The minimum atomic E-state index is -0.751. The van der Waals surface area contributed by atoms with E-state index in [4.69, 9.17) is 9.47 Å². The zero-order chi connectivity index (χ0) is 26.5. The number of hydrogen-bond acceptors (Lipinski definition) is 8. The van der Waals surface area contributed by atoms with Crippen molar-refractivity contribution in [1.82, 2.24) is 0 Å². The topological polar surface area (TPSA) is 105 Å². The minimum absolute atomic E-state index is 0.155. The molecule has 0 aliphatic rings. The van der Waals surface area contributed by atoms with Crippen LogP contribution in [0.5, 0.6) is 11.5 Å². The molecule has 2 aromatic carbocycles. The van der Waals surface area contributed by atoms with Crippen LogP contribution in [0.2, 0.25) is 0 Å². The van der Waals surface area contributed by atoms with E-state index in [1.807, 2.05) is 0 Å². The zero-order valence-corrected chi connectivity index (χ0v) is 20.5. The molecule has 2 rings (SSSR count). The molecule has 36 heavy (non-hydrogen) atoms. The molecule has 0 N–H and O–H groups in total. The Morgan fingerprint density at radius 1 is 0.583 bits per heavy atom. The fraction of sp³-hybridized carbons (Fsp3) is 0.286. The molecule has 0 radical (unpaired) electrons. The highest BCUT2D eigenvalue weighted by molar-refractivity contribution is 6.02. The molecule has 0 aliphatic heterocycles. The third-order valence-corrected chi connectivity index (χ3v) is 4.82. The largest absolute Gasteiger partial charge is 0.494 e. The van der Waals surface area contributed by atoms with E-state index in [1.54, 1.807) is 24.3 Å². The van der Waals surface area contributed by atoms with Gasteiger partial charge >= 0.3 is 23.9 Å². The highest BCUT2D eigenvalue weighted by atomic mass is 16.6. The summed E-state index contributed by atoms with van der Waals surface area (Å²) in [6, 6.07) is 12.8. The molecule has 0 aromatic heterocycles. The van der Waals surface area contributed by atoms with Crippen molar-refractivity contribution in [3.05, 3.63) is 84.0 Å². The van der Waals surface area contributed by atoms with Gasteiger partial charge in [0.15, 0.2) is 0 Å². The van der Waals surface area contributed by atoms with Gasteiger partial charge < -0.3 is 18.9 Å². The molecule has 8 nitrogen and oxygen atoms in total. The Morgan fingerprint density at radius 3 is 1.22 bits per heavy atom. The van der Waals surface area contributed by atoms with Crippen molar-refractivity contribution < 1.29 is 38.1 Å². The average molecular weight is 495 g/mol. The predicted molar refractivity (Wildman–Crippen MR) is 133 cm³/mol. The normalized spacial score (nSPS) is 10.2. The molecule has 0 spiro atoms. The van der Waals surface area contributed by atoms with Gasteiger partial charge in [0.25, 0.3) is 0 Å². The monoisotopic (exact) mass is 494 g/mol. The second kappa shape index (κ2) is 14.3. The summed E-state index contributed by atoms with van der Waals surface area (Å²) < 4.78 is 20.7. The van der Waals surface area contributed by atoms with Gasteiger partial charge in [-0.2, -0.15) is 0 Å². The maximum absolute atomic E-state index is 11.9. The first-order valence-electron chi connectivity index (χ1n) is 11.5. The first-order chi connectivity index (χ1) is 17.2. The highest BCUT2D eigenvalue weighted by Crippen LogP contribution is 2.16. The zero-order valence-electron chi connectivity index (χ0n) is 20.5. The molecule has 0 atom stereocenters. The number of carbonyl (C=O) groups is 4. The summed E-state index contributed by atoms with van der Waals surface area (Å²) in [5.41, 5.74) is 0.817. The second-order valence-corrected chi connectivity index (χ2v) is 8.07. The van der Waals surface area contributed by atoms with Crippen molar-refractivity contribution in [1.29, 1.82) is 0 Å². The smallest absolute Gasteiger partial charge is 0.346 e. The summed E-state index contributed by atoms with van der Waals surface area (Å²) in [6.07, 6.45) is 3.63. The van der Waals surface area contributed by atoms with Gasteiger partial charge in [-0.1, -0.05) is 13.2 Å². The van der Waals surface area contributed by atoms with Crippen LogP contribution in [-0.4, -0.2) is 37.1 Å². The van der Waals surface area contributed by atoms with Gasteiger partial charge in [-0.3, -0.25) is 0 Å². The van der Waals surface area contributed by atoms with Crippen LogP contribution in [0.1, 0.15) is 60.2 Å². The van der Waals surface area contributed by atoms with Crippen molar-refractivity contribution in [2.24, 2.45) is 0 Å². The summed E-state index contributed by atoms with van der Waals surface area (Å²) in [5.74, 6) is -1.72. The Bertz CT molecular complexity index is 1010. The molecule has 0 bridgehead atoms. The van der Waals surface area contributed by atoms with Crippen LogP contribution in [0.4, 0.5) is 0 Å². The van der Waals surface area contributed by atoms with Crippen LogP contribution in [0.15, 0.2) is 72.8 Å². The van der Waals surface area contributed by atoms with Crippen molar-refractivity contribution in [2.75, 3.05) is 13.2 Å². The maximum atomic E-state index is 11.9. The van der Waals surface area contributed by atoms with Crippen molar-refractivity contribution in [3.63, 3.8) is 0 Å². The van der Waals surface area contributed by atoms with Crippen LogP contribution in [0, 0.1) is 0 Å². The number of carbonyl (C=O) groups excluding carboxylic acids is 4. The third-order valence-electron chi connectivity index (χ3n) is 4.82. The fourth-order valence-corrected chi connectivity index (χ4v) is 2.77. The molecule has 0 aliphatic carbocycles. The number of benzene rings is 2. The third kappa shape index (κ3) is 9.58. The molecule has 0 amide bonds. The van der Waals surface area contributed by atoms with E-state index in [9.17, 15) is 19.2 Å². The molecule has 2 aromatic rings. The first kappa shape index (κ1) is 28.0. The lowest BCUT2D eigenvalue weighted by Gasteiger charge is -2.08. The quantitative estimate of drug-likeness (QED) is 0.161. The Hall–Kier alpha value is -4.20. The van der Waals surface area contributed by atoms with E-state index in [0.717, 1.165) is 25.7 Å². The predicted octanol–water partition coefficient (Wildman–Crippen LogP) is 5.22. The number of unbranched alkanes of at least 4 members (excludes halogenated alkanes) is 3. The lowest BCUT2D eigenvalue weighted by Crippen LogP contribution is -2.12. The summed E-state index contributed by atoms with van der Waals surface area (Å²) in [6.45, 7) is 10.9. The van der Waals surface area contributed by atoms with Crippen molar-refractivity contribution >= 4 is 23.9 Å². The van der Waals surface area contributed by atoms with Gasteiger partial charge in [0, 0.05) is 11.1 Å². The van der Waals surface area contributed by atoms with Gasteiger partial charge in [-0.15, -0.1) is 0 Å². The van der Waals surface area contributed by atoms with Crippen LogP contribution in [-0.2, 0) is 19.1 Å². The Kier molecular flexibility index (Phi) is 11.1. The molecule has 0 fully saturated rings. The molecule has 0 heterocycles. The van der Waals surface area contributed by atoms with E-state index < -0.39 is 23.9 Å². The molecule has 0 saturated heterocycles. The standard InChI is InChI=1S/C28H30O8/c1-19(2)25(29)35-27(31)21-9-13-23(14-10-21)33-17-7-5-6-8-18-34-24-15-11-22(12-16-24)28(32)36-26(30)20(3)4/h9-16H,1,3,5-8,17-18H2,2,4H3.